The Labute approximate surface area is 95.0 Å². The van der Waals surface area contributed by atoms with E-state index in [1.165, 1.54) is 0 Å². The first-order valence-corrected chi connectivity index (χ1v) is 5.82. The van der Waals surface area contributed by atoms with Gasteiger partial charge in [-0.05, 0) is 19.3 Å². The highest BCUT2D eigenvalue weighted by atomic mass is 16.5. The maximum Gasteiger partial charge on any atom is 0.188 e. The predicted octanol–water partition coefficient (Wildman–Crippen LogP) is 1.80. The van der Waals surface area contributed by atoms with Crippen LogP contribution in [0, 0.1) is 11.3 Å². The minimum absolute atomic E-state index is 0.0153. The molecule has 1 unspecified atom stereocenters. The lowest BCUT2D eigenvalue weighted by atomic mass is 10.1. The summed E-state index contributed by atoms with van der Waals surface area (Å²) in [7, 11) is 0. The van der Waals surface area contributed by atoms with E-state index < -0.39 is 0 Å². The number of rotatable bonds is 4. The van der Waals surface area contributed by atoms with E-state index in [9.17, 15) is 0 Å². The van der Waals surface area contributed by atoms with Gasteiger partial charge in [0.15, 0.2) is 5.69 Å². The summed E-state index contributed by atoms with van der Waals surface area (Å²) in [5, 5.41) is 16.9. The quantitative estimate of drug-likeness (QED) is 0.776. The van der Waals surface area contributed by atoms with Crippen LogP contribution in [0.2, 0.25) is 0 Å². The normalized spacial score (nSPS) is 19.9. The van der Waals surface area contributed by atoms with Crippen molar-refractivity contribution in [1.29, 1.82) is 5.26 Å². The monoisotopic (exact) mass is 220 g/mol. The molecule has 0 aromatic carbocycles. The van der Waals surface area contributed by atoms with E-state index in [2.05, 4.69) is 23.3 Å². The second kappa shape index (κ2) is 5.08. The maximum absolute atomic E-state index is 9.00. The number of aromatic nitrogens is 3. The second-order valence-electron chi connectivity index (χ2n) is 4.01. The number of hydrogen-bond acceptors (Lipinski definition) is 4. The molecule has 1 aromatic heterocycles. The topological polar surface area (TPSA) is 63.7 Å². The Bertz CT molecular complexity index is 387. The van der Waals surface area contributed by atoms with Crippen LogP contribution in [0.15, 0.2) is 0 Å². The molecule has 0 aliphatic carbocycles. The highest BCUT2D eigenvalue weighted by Gasteiger charge is 2.26. The van der Waals surface area contributed by atoms with Crippen LogP contribution in [0.5, 0.6) is 0 Å². The van der Waals surface area contributed by atoms with E-state index in [-0.39, 0.29) is 6.10 Å². The average Bonchev–Trinajstić information content (AvgIpc) is 2.94. The number of nitriles is 1. The van der Waals surface area contributed by atoms with Gasteiger partial charge < -0.3 is 4.74 Å². The summed E-state index contributed by atoms with van der Waals surface area (Å²) < 4.78 is 7.44. The van der Waals surface area contributed by atoms with Crippen LogP contribution < -0.4 is 0 Å². The molecule has 0 spiro atoms. The largest absolute Gasteiger partial charge is 0.372 e. The Morgan fingerprint density at radius 2 is 2.50 bits per heavy atom. The molecule has 1 aromatic rings. The third-order valence-electron chi connectivity index (χ3n) is 2.84. The lowest BCUT2D eigenvalue weighted by Gasteiger charge is -2.11. The molecule has 2 heterocycles. The fraction of sp³-hybridized carbons (Fsp3) is 0.727. The molecule has 1 atom stereocenters. The molecule has 0 radical (unpaired) electrons. The van der Waals surface area contributed by atoms with Crippen molar-refractivity contribution in [1.82, 2.24) is 15.0 Å². The van der Waals surface area contributed by atoms with Crippen molar-refractivity contribution >= 4 is 0 Å². The molecule has 2 rings (SSSR count). The van der Waals surface area contributed by atoms with Gasteiger partial charge >= 0.3 is 0 Å². The lowest BCUT2D eigenvalue weighted by Crippen LogP contribution is -2.10. The fourth-order valence-corrected chi connectivity index (χ4v) is 1.99. The summed E-state index contributed by atoms with van der Waals surface area (Å²) in [6, 6.07) is 2.09. The average molecular weight is 220 g/mol. The van der Waals surface area contributed by atoms with Crippen LogP contribution in [0.3, 0.4) is 0 Å². The third-order valence-corrected chi connectivity index (χ3v) is 2.84. The van der Waals surface area contributed by atoms with Gasteiger partial charge in [0.05, 0.1) is 0 Å². The van der Waals surface area contributed by atoms with E-state index in [0.717, 1.165) is 44.5 Å². The summed E-state index contributed by atoms with van der Waals surface area (Å²) in [4.78, 5) is 0. The van der Waals surface area contributed by atoms with Crippen LogP contribution in [0.25, 0.3) is 0 Å². The fourth-order valence-electron chi connectivity index (χ4n) is 1.99. The predicted molar refractivity (Wildman–Crippen MR) is 57.6 cm³/mol. The summed E-state index contributed by atoms with van der Waals surface area (Å²) in [6.45, 7) is 3.72. The van der Waals surface area contributed by atoms with Crippen LogP contribution in [-0.2, 0) is 11.3 Å². The summed E-state index contributed by atoms with van der Waals surface area (Å²) >= 11 is 0. The first kappa shape index (κ1) is 11.1. The zero-order valence-corrected chi connectivity index (χ0v) is 9.52. The summed E-state index contributed by atoms with van der Waals surface area (Å²) in [6.07, 6.45) is 4.19. The molecule has 16 heavy (non-hydrogen) atoms. The molecule has 5 nitrogen and oxygen atoms in total. The maximum atomic E-state index is 9.00. The SMILES string of the molecule is CCCCn1nnc(C#N)c1C1CCCO1. The standard InChI is InChI=1S/C11H16N4O/c1-2-3-6-15-11(9(8-12)13-14-15)10-5-4-7-16-10/h10H,2-7H2,1H3. The Kier molecular flexibility index (Phi) is 3.52. The van der Waals surface area contributed by atoms with Gasteiger partial charge in [-0.3, -0.25) is 0 Å². The van der Waals surface area contributed by atoms with Gasteiger partial charge in [-0.2, -0.15) is 5.26 Å². The van der Waals surface area contributed by atoms with Crippen molar-refractivity contribution in [2.24, 2.45) is 0 Å². The van der Waals surface area contributed by atoms with Gasteiger partial charge in [0, 0.05) is 13.2 Å². The van der Waals surface area contributed by atoms with E-state index in [1.54, 1.807) is 0 Å². The number of aryl methyl sites for hydroxylation is 1. The van der Waals surface area contributed by atoms with Gasteiger partial charge in [-0.15, -0.1) is 5.10 Å². The highest BCUT2D eigenvalue weighted by molar-refractivity contribution is 5.27. The van der Waals surface area contributed by atoms with E-state index in [0.29, 0.717) is 5.69 Å². The molecule has 1 saturated heterocycles. The Hall–Kier alpha value is -1.41. The number of nitrogens with zero attached hydrogens (tertiary/aromatic N) is 4. The molecule has 1 aliphatic heterocycles. The van der Waals surface area contributed by atoms with Gasteiger partial charge in [0.2, 0.25) is 0 Å². The highest BCUT2D eigenvalue weighted by Crippen LogP contribution is 2.29. The Balaban J connectivity index is 2.24. The minimum atomic E-state index is 0.0153. The molecule has 0 N–H and O–H groups in total. The van der Waals surface area contributed by atoms with Crippen molar-refractivity contribution in [3.05, 3.63) is 11.4 Å². The van der Waals surface area contributed by atoms with Crippen molar-refractivity contribution < 1.29 is 4.74 Å². The van der Waals surface area contributed by atoms with Gasteiger partial charge in [0.1, 0.15) is 17.9 Å². The van der Waals surface area contributed by atoms with E-state index in [4.69, 9.17) is 10.00 Å². The molecule has 0 bridgehead atoms. The second-order valence-corrected chi connectivity index (χ2v) is 4.01. The molecular weight excluding hydrogens is 204 g/mol. The number of ether oxygens (including phenoxy) is 1. The van der Waals surface area contributed by atoms with Gasteiger partial charge in [-0.1, -0.05) is 18.6 Å². The summed E-state index contributed by atoms with van der Waals surface area (Å²) in [5.74, 6) is 0. The minimum Gasteiger partial charge on any atom is -0.372 e. The van der Waals surface area contributed by atoms with E-state index in [1.807, 2.05) is 4.68 Å². The van der Waals surface area contributed by atoms with Crippen LogP contribution in [0.1, 0.15) is 50.1 Å². The van der Waals surface area contributed by atoms with Crippen LogP contribution >= 0.6 is 0 Å². The molecular formula is C11H16N4O. The van der Waals surface area contributed by atoms with Gasteiger partial charge in [0.25, 0.3) is 0 Å². The molecule has 1 aliphatic rings. The van der Waals surface area contributed by atoms with Crippen molar-refractivity contribution in [2.75, 3.05) is 6.61 Å². The Morgan fingerprint density at radius 1 is 1.62 bits per heavy atom. The molecule has 86 valence electrons. The smallest absolute Gasteiger partial charge is 0.188 e. The first-order valence-electron chi connectivity index (χ1n) is 5.82. The zero-order chi connectivity index (χ0) is 11.4. The van der Waals surface area contributed by atoms with Crippen molar-refractivity contribution in [3.63, 3.8) is 0 Å². The van der Waals surface area contributed by atoms with Crippen LogP contribution in [-0.4, -0.2) is 21.6 Å². The van der Waals surface area contributed by atoms with Crippen molar-refractivity contribution in [3.8, 4) is 6.07 Å². The Morgan fingerprint density at radius 3 is 3.12 bits per heavy atom. The van der Waals surface area contributed by atoms with Gasteiger partial charge in [-0.25, -0.2) is 4.68 Å². The first-order chi connectivity index (χ1) is 7.86. The summed E-state index contributed by atoms with van der Waals surface area (Å²) in [5.41, 5.74) is 1.29. The third kappa shape index (κ3) is 2.07. The number of unbranched alkanes of at least 4 members (excludes halogenated alkanes) is 1. The van der Waals surface area contributed by atoms with Crippen LogP contribution in [0.4, 0.5) is 0 Å². The molecule has 1 fully saturated rings. The zero-order valence-electron chi connectivity index (χ0n) is 9.52. The molecule has 5 heteroatoms. The lowest BCUT2D eigenvalue weighted by molar-refractivity contribution is 0.104. The molecule has 0 saturated carbocycles. The number of hydrogen-bond donors (Lipinski definition) is 0. The van der Waals surface area contributed by atoms with E-state index >= 15 is 0 Å². The van der Waals surface area contributed by atoms with Crippen molar-refractivity contribution in [2.45, 2.75) is 45.3 Å². The molecule has 0 amide bonds.